The van der Waals surface area contributed by atoms with E-state index in [0.29, 0.717) is 5.92 Å². The van der Waals surface area contributed by atoms with E-state index in [9.17, 15) is 0 Å². The van der Waals surface area contributed by atoms with Gasteiger partial charge in [-0.15, -0.1) is 0 Å². The van der Waals surface area contributed by atoms with Crippen LogP contribution >= 0.6 is 0 Å². The topological polar surface area (TPSA) is 9.72 Å². The predicted molar refractivity (Wildman–Crippen MR) is 111 cm³/mol. The summed E-state index contributed by atoms with van der Waals surface area (Å²) in [5.74, 6) is 0.611. The average molecular weight is 348 g/mol. The second-order valence-electron chi connectivity index (χ2n) is 7.23. The molecule has 1 aromatic carbocycles. The lowest BCUT2D eigenvalue weighted by Gasteiger charge is -2.28. The monoisotopic (exact) mass is 347 g/mol. The van der Waals surface area contributed by atoms with Crippen LogP contribution < -0.4 is 0 Å². The summed E-state index contributed by atoms with van der Waals surface area (Å²) in [5.41, 5.74) is 2.86. The summed E-state index contributed by atoms with van der Waals surface area (Å²) in [6, 6.07) is 9.18. The van der Waals surface area contributed by atoms with E-state index in [1.807, 2.05) is 0 Å². The highest BCUT2D eigenvalue weighted by Gasteiger charge is 2.09. The molecule has 0 saturated heterocycles. The Hall–Kier alpha value is -0.900. The summed E-state index contributed by atoms with van der Waals surface area (Å²) in [6.45, 7) is 23.9. The van der Waals surface area contributed by atoms with Gasteiger partial charge in [0.15, 0.2) is 0 Å². The molecule has 0 bridgehead atoms. The van der Waals surface area contributed by atoms with Crippen molar-refractivity contribution < 1.29 is 0 Å². The molecule has 25 heavy (non-hydrogen) atoms. The third-order valence-electron chi connectivity index (χ3n) is 5.31. The number of rotatable bonds is 13. The van der Waals surface area contributed by atoms with Crippen LogP contribution in [0.1, 0.15) is 58.6 Å². The summed E-state index contributed by atoms with van der Waals surface area (Å²) in [4.78, 5) is 7.66. The minimum atomic E-state index is 0.611. The Balaban J connectivity index is 2.45. The van der Waals surface area contributed by atoms with Crippen molar-refractivity contribution in [3.05, 3.63) is 35.4 Å². The second kappa shape index (κ2) is 12.5. The van der Waals surface area contributed by atoms with E-state index < -0.39 is 0 Å². The highest BCUT2D eigenvalue weighted by molar-refractivity contribution is 5.24. The Kier molecular flexibility index (Phi) is 11.0. The normalized spacial score (nSPS) is 12.1. The summed E-state index contributed by atoms with van der Waals surface area (Å²) in [7, 11) is 0. The number of nitrogens with zero attached hydrogens (tertiary/aromatic N) is 3. The van der Waals surface area contributed by atoms with Crippen molar-refractivity contribution >= 4 is 0 Å². The molecule has 0 fully saturated rings. The zero-order valence-corrected chi connectivity index (χ0v) is 17.6. The van der Waals surface area contributed by atoms with Gasteiger partial charge in [0.05, 0.1) is 0 Å². The highest BCUT2D eigenvalue weighted by Crippen LogP contribution is 2.15. The molecule has 0 aliphatic heterocycles. The molecular weight excluding hydrogens is 306 g/mol. The fourth-order valence-electron chi connectivity index (χ4n) is 3.15. The maximum Gasteiger partial charge on any atom is 0.0234 e. The van der Waals surface area contributed by atoms with Crippen LogP contribution in [0.15, 0.2) is 24.3 Å². The molecule has 0 saturated carbocycles. The maximum absolute atomic E-state index is 2.59. The van der Waals surface area contributed by atoms with Gasteiger partial charge < -0.3 is 9.80 Å². The van der Waals surface area contributed by atoms with E-state index in [4.69, 9.17) is 0 Å². The van der Waals surface area contributed by atoms with Gasteiger partial charge >= 0.3 is 0 Å². The molecule has 0 spiro atoms. The van der Waals surface area contributed by atoms with Gasteiger partial charge in [-0.3, -0.25) is 4.90 Å². The lowest BCUT2D eigenvalue weighted by molar-refractivity contribution is 0.185. The van der Waals surface area contributed by atoms with Crippen LogP contribution in [0, 0.1) is 0 Å². The SMILES string of the molecule is CCN(CC)CCN(CC)CCN(CC)Cc1ccc(C(C)C)cc1. The molecule has 0 aliphatic rings. The minimum absolute atomic E-state index is 0.611. The molecule has 0 N–H and O–H groups in total. The van der Waals surface area contributed by atoms with E-state index in [-0.39, 0.29) is 0 Å². The summed E-state index contributed by atoms with van der Waals surface area (Å²) in [6.07, 6.45) is 0. The van der Waals surface area contributed by atoms with Crippen molar-refractivity contribution in [2.24, 2.45) is 0 Å². The zero-order valence-electron chi connectivity index (χ0n) is 17.6. The Morgan fingerprint density at radius 2 is 1.08 bits per heavy atom. The van der Waals surface area contributed by atoms with Crippen LogP contribution in [0.4, 0.5) is 0 Å². The van der Waals surface area contributed by atoms with Crippen molar-refractivity contribution in [3.63, 3.8) is 0 Å². The molecule has 3 nitrogen and oxygen atoms in total. The third-order valence-corrected chi connectivity index (χ3v) is 5.31. The Morgan fingerprint density at radius 3 is 1.52 bits per heavy atom. The molecule has 1 aromatic rings. The number of hydrogen-bond donors (Lipinski definition) is 0. The second-order valence-corrected chi connectivity index (χ2v) is 7.23. The average Bonchev–Trinajstić information content (AvgIpc) is 2.64. The van der Waals surface area contributed by atoms with Gasteiger partial charge in [0.25, 0.3) is 0 Å². The first-order chi connectivity index (χ1) is 12.0. The first kappa shape index (κ1) is 22.1. The first-order valence-corrected chi connectivity index (χ1v) is 10.3. The molecule has 0 heterocycles. The molecule has 0 radical (unpaired) electrons. The number of likely N-dealkylation sites (N-methyl/N-ethyl adjacent to an activating group) is 3. The van der Waals surface area contributed by atoms with E-state index in [0.717, 1.165) is 45.8 Å². The molecule has 3 heteroatoms. The molecule has 144 valence electrons. The number of hydrogen-bond acceptors (Lipinski definition) is 3. The van der Waals surface area contributed by atoms with Crippen molar-refractivity contribution in [1.29, 1.82) is 0 Å². The lowest BCUT2D eigenvalue weighted by atomic mass is 10.0. The van der Waals surface area contributed by atoms with Gasteiger partial charge in [-0.1, -0.05) is 65.8 Å². The van der Waals surface area contributed by atoms with Gasteiger partial charge in [-0.05, 0) is 43.2 Å². The summed E-state index contributed by atoms with van der Waals surface area (Å²) >= 11 is 0. The van der Waals surface area contributed by atoms with E-state index in [1.165, 1.54) is 24.2 Å². The van der Waals surface area contributed by atoms with Crippen LogP contribution in [0.2, 0.25) is 0 Å². The molecule has 0 aliphatic carbocycles. The van der Waals surface area contributed by atoms with Crippen LogP contribution in [0.25, 0.3) is 0 Å². The zero-order chi connectivity index (χ0) is 18.7. The molecule has 0 atom stereocenters. The quantitative estimate of drug-likeness (QED) is 0.527. The van der Waals surface area contributed by atoms with Crippen molar-refractivity contribution in [3.8, 4) is 0 Å². The van der Waals surface area contributed by atoms with Gasteiger partial charge in [0.1, 0.15) is 0 Å². The third kappa shape index (κ3) is 8.35. The Bertz CT molecular complexity index is 437. The fraction of sp³-hybridized carbons (Fsp3) is 0.727. The predicted octanol–water partition coefficient (Wildman–Crippen LogP) is 4.30. The van der Waals surface area contributed by atoms with Gasteiger partial charge in [0.2, 0.25) is 0 Å². The molecule has 0 amide bonds. The lowest BCUT2D eigenvalue weighted by Crippen LogP contribution is -2.39. The Labute approximate surface area is 157 Å². The summed E-state index contributed by atoms with van der Waals surface area (Å²) in [5, 5.41) is 0. The largest absolute Gasteiger partial charge is 0.303 e. The molecule has 1 rings (SSSR count). The molecule has 0 aromatic heterocycles. The minimum Gasteiger partial charge on any atom is -0.303 e. The molecule has 0 unspecified atom stereocenters. The Morgan fingerprint density at radius 1 is 0.640 bits per heavy atom. The van der Waals surface area contributed by atoms with Crippen LogP contribution in [0.5, 0.6) is 0 Å². The van der Waals surface area contributed by atoms with Crippen molar-refractivity contribution in [2.45, 2.75) is 54.0 Å². The standard InChI is InChI=1S/C22H41N3/c1-7-23(8-2)15-16-24(9-3)17-18-25(10-4)19-21-11-13-22(14-12-21)20(5)6/h11-14,20H,7-10,15-19H2,1-6H3. The van der Waals surface area contributed by atoms with E-state index in [2.05, 4.69) is 80.5 Å². The fourth-order valence-corrected chi connectivity index (χ4v) is 3.15. The smallest absolute Gasteiger partial charge is 0.0234 e. The van der Waals surface area contributed by atoms with E-state index >= 15 is 0 Å². The first-order valence-electron chi connectivity index (χ1n) is 10.3. The van der Waals surface area contributed by atoms with Crippen molar-refractivity contribution in [2.75, 3.05) is 52.4 Å². The highest BCUT2D eigenvalue weighted by atomic mass is 15.2. The van der Waals surface area contributed by atoms with Crippen LogP contribution in [0.3, 0.4) is 0 Å². The van der Waals surface area contributed by atoms with Gasteiger partial charge in [0, 0.05) is 32.7 Å². The maximum atomic E-state index is 2.59. The molecular formula is C22H41N3. The van der Waals surface area contributed by atoms with Crippen LogP contribution in [-0.4, -0.2) is 67.1 Å². The van der Waals surface area contributed by atoms with Crippen LogP contribution in [-0.2, 0) is 6.54 Å². The van der Waals surface area contributed by atoms with E-state index in [1.54, 1.807) is 0 Å². The van der Waals surface area contributed by atoms with Gasteiger partial charge in [-0.2, -0.15) is 0 Å². The van der Waals surface area contributed by atoms with Crippen molar-refractivity contribution in [1.82, 2.24) is 14.7 Å². The number of benzene rings is 1. The summed E-state index contributed by atoms with van der Waals surface area (Å²) < 4.78 is 0. The van der Waals surface area contributed by atoms with Gasteiger partial charge in [-0.25, -0.2) is 0 Å².